The third-order valence-corrected chi connectivity index (χ3v) is 3.37. The highest BCUT2D eigenvalue weighted by Crippen LogP contribution is 2.17. The molecule has 1 unspecified atom stereocenters. The third kappa shape index (κ3) is 5.21. The fourth-order valence-electron chi connectivity index (χ4n) is 2.18. The van der Waals surface area contributed by atoms with Crippen molar-refractivity contribution in [3.8, 4) is 0 Å². The first-order valence-electron chi connectivity index (χ1n) is 7.32. The molecule has 0 aliphatic carbocycles. The van der Waals surface area contributed by atoms with Crippen molar-refractivity contribution in [3.63, 3.8) is 0 Å². The topological polar surface area (TPSA) is 67.2 Å². The Hall–Kier alpha value is -1.55. The molecule has 0 saturated heterocycles. The Morgan fingerprint density at radius 3 is 2.55 bits per heavy atom. The minimum atomic E-state index is -0.0741. The van der Waals surface area contributed by atoms with Gasteiger partial charge in [-0.15, -0.1) is 0 Å². The van der Waals surface area contributed by atoms with E-state index in [1.54, 1.807) is 6.07 Å². The maximum Gasteiger partial charge on any atom is 0.253 e. The molecule has 0 spiro atoms. The summed E-state index contributed by atoms with van der Waals surface area (Å²) < 4.78 is 0. The lowest BCUT2D eigenvalue weighted by atomic mass is 10.0. The van der Waals surface area contributed by atoms with Gasteiger partial charge in [0.25, 0.3) is 5.91 Å². The van der Waals surface area contributed by atoms with Gasteiger partial charge in [0.1, 0.15) is 0 Å². The van der Waals surface area contributed by atoms with E-state index < -0.39 is 0 Å². The van der Waals surface area contributed by atoms with Crippen LogP contribution in [0.5, 0.6) is 0 Å². The fraction of sp³-hybridized carbons (Fsp3) is 0.562. The summed E-state index contributed by atoms with van der Waals surface area (Å²) in [7, 11) is 0. The van der Waals surface area contributed by atoms with Gasteiger partial charge in [-0.2, -0.15) is 0 Å². The lowest BCUT2D eigenvalue weighted by Crippen LogP contribution is -2.33. The van der Waals surface area contributed by atoms with E-state index in [1.165, 1.54) is 6.42 Å². The number of nitrogens with one attached hydrogen (secondary N) is 2. The lowest BCUT2D eigenvalue weighted by molar-refractivity contribution is 0.0938. The molecule has 0 radical (unpaired) electrons. The number of hydrogen-bond donors (Lipinski definition) is 3. The molecular formula is C16H27N3O. The summed E-state index contributed by atoms with van der Waals surface area (Å²) in [4.78, 5) is 12.2. The molecule has 0 saturated carbocycles. The zero-order valence-electron chi connectivity index (χ0n) is 13.0. The maximum absolute atomic E-state index is 12.2. The van der Waals surface area contributed by atoms with Crippen LogP contribution in [0.3, 0.4) is 0 Å². The maximum atomic E-state index is 12.2. The van der Waals surface area contributed by atoms with Gasteiger partial charge in [0.2, 0.25) is 0 Å². The third-order valence-electron chi connectivity index (χ3n) is 3.37. The highest BCUT2D eigenvalue weighted by Gasteiger charge is 2.13. The first kappa shape index (κ1) is 16.5. The molecule has 1 aromatic rings. The summed E-state index contributed by atoms with van der Waals surface area (Å²) in [6, 6.07) is 5.77. The Kier molecular flexibility index (Phi) is 6.52. The van der Waals surface area contributed by atoms with Crippen LogP contribution in [0.15, 0.2) is 18.2 Å². The predicted octanol–water partition coefficient (Wildman–Crippen LogP) is 3.23. The largest absolute Gasteiger partial charge is 0.350 e. The number of rotatable bonds is 7. The van der Waals surface area contributed by atoms with Crippen LogP contribution in [0, 0.1) is 12.8 Å². The molecule has 1 aromatic carbocycles. The highest BCUT2D eigenvalue weighted by atomic mass is 16.1. The van der Waals surface area contributed by atoms with Crippen molar-refractivity contribution in [3.05, 3.63) is 29.3 Å². The second kappa shape index (κ2) is 7.90. The van der Waals surface area contributed by atoms with Gasteiger partial charge in [-0.1, -0.05) is 32.8 Å². The fourth-order valence-corrected chi connectivity index (χ4v) is 2.18. The van der Waals surface area contributed by atoms with Gasteiger partial charge < -0.3 is 10.7 Å². The molecule has 0 aliphatic rings. The summed E-state index contributed by atoms with van der Waals surface area (Å²) in [6.45, 7) is 8.45. The van der Waals surface area contributed by atoms with Crippen LogP contribution in [-0.2, 0) is 0 Å². The lowest BCUT2D eigenvalue weighted by Gasteiger charge is -2.16. The molecule has 4 N–H and O–H groups in total. The Morgan fingerprint density at radius 1 is 1.25 bits per heavy atom. The number of carbonyl (C=O) groups excluding carboxylic acids is 1. The summed E-state index contributed by atoms with van der Waals surface area (Å²) in [5, 5.41) is 3.03. The average Bonchev–Trinajstić information content (AvgIpc) is 2.37. The van der Waals surface area contributed by atoms with Crippen molar-refractivity contribution in [1.29, 1.82) is 0 Å². The van der Waals surface area contributed by atoms with Crippen molar-refractivity contribution in [2.75, 3.05) is 5.43 Å². The molecule has 20 heavy (non-hydrogen) atoms. The molecule has 0 bridgehead atoms. The van der Waals surface area contributed by atoms with Crippen LogP contribution in [0.2, 0.25) is 0 Å². The van der Waals surface area contributed by atoms with E-state index in [0.29, 0.717) is 17.2 Å². The Morgan fingerprint density at radius 2 is 1.95 bits per heavy atom. The number of amides is 1. The monoisotopic (exact) mass is 277 g/mol. The summed E-state index contributed by atoms with van der Waals surface area (Å²) in [6.07, 6.45) is 3.33. The molecule has 1 rings (SSSR count). The van der Waals surface area contributed by atoms with Gasteiger partial charge in [-0.05, 0) is 43.9 Å². The number of aryl methyl sites for hydroxylation is 1. The summed E-state index contributed by atoms with van der Waals surface area (Å²) in [5.74, 6) is 6.11. The summed E-state index contributed by atoms with van der Waals surface area (Å²) in [5.41, 5.74) is 4.91. The standard InChI is InChI=1S/C16H27N3O/c1-11(2)6-5-7-13(4)18-16(20)14-9-8-12(3)10-15(14)19-17/h8-11,13,19H,5-7,17H2,1-4H3,(H,18,20). The zero-order valence-corrected chi connectivity index (χ0v) is 13.0. The number of hydrogen-bond acceptors (Lipinski definition) is 3. The second-order valence-corrected chi connectivity index (χ2v) is 5.89. The van der Waals surface area contributed by atoms with Gasteiger partial charge in [0.15, 0.2) is 0 Å². The number of nitrogen functional groups attached to an aromatic ring is 1. The van der Waals surface area contributed by atoms with E-state index in [1.807, 2.05) is 26.0 Å². The smallest absolute Gasteiger partial charge is 0.253 e. The second-order valence-electron chi connectivity index (χ2n) is 5.89. The van der Waals surface area contributed by atoms with Gasteiger partial charge in [0.05, 0.1) is 11.3 Å². The van der Waals surface area contributed by atoms with Gasteiger partial charge in [0, 0.05) is 6.04 Å². The normalized spacial score (nSPS) is 12.3. The van der Waals surface area contributed by atoms with Crippen LogP contribution in [0.1, 0.15) is 56.0 Å². The van der Waals surface area contributed by atoms with Gasteiger partial charge in [-0.3, -0.25) is 10.6 Å². The van der Waals surface area contributed by atoms with Crippen LogP contribution in [0.25, 0.3) is 0 Å². The molecule has 1 amide bonds. The van der Waals surface area contributed by atoms with Crippen molar-refractivity contribution >= 4 is 11.6 Å². The number of nitrogens with two attached hydrogens (primary N) is 1. The van der Waals surface area contributed by atoms with Gasteiger partial charge in [-0.25, -0.2) is 0 Å². The van der Waals surface area contributed by atoms with Crippen molar-refractivity contribution in [2.24, 2.45) is 11.8 Å². The summed E-state index contributed by atoms with van der Waals surface area (Å²) >= 11 is 0. The van der Waals surface area contributed by atoms with Crippen LogP contribution >= 0.6 is 0 Å². The van der Waals surface area contributed by atoms with Crippen molar-refractivity contribution < 1.29 is 4.79 Å². The van der Waals surface area contributed by atoms with E-state index in [9.17, 15) is 4.79 Å². The minimum Gasteiger partial charge on any atom is -0.350 e. The predicted molar refractivity (Wildman–Crippen MR) is 84.6 cm³/mol. The first-order valence-corrected chi connectivity index (χ1v) is 7.32. The van der Waals surface area contributed by atoms with E-state index in [0.717, 1.165) is 18.4 Å². The molecule has 0 fully saturated rings. The molecule has 1 atom stereocenters. The quantitative estimate of drug-likeness (QED) is 0.529. The average molecular weight is 277 g/mol. The van der Waals surface area contributed by atoms with E-state index in [-0.39, 0.29) is 11.9 Å². The number of carbonyl (C=O) groups is 1. The van der Waals surface area contributed by atoms with Crippen molar-refractivity contribution in [1.82, 2.24) is 5.32 Å². The van der Waals surface area contributed by atoms with Crippen LogP contribution in [-0.4, -0.2) is 11.9 Å². The molecule has 4 heteroatoms. The van der Waals surface area contributed by atoms with E-state index >= 15 is 0 Å². The van der Waals surface area contributed by atoms with Crippen LogP contribution < -0.4 is 16.6 Å². The Bertz CT molecular complexity index is 443. The molecule has 0 aliphatic heterocycles. The number of anilines is 1. The highest BCUT2D eigenvalue weighted by molar-refractivity contribution is 5.99. The molecule has 0 aromatic heterocycles. The van der Waals surface area contributed by atoms with Crippen LogP contribution in [0.4, 0.5) is 5.69 Å². The molecule has 0 heterocycles. The zero-order chi connectivity index (χ0) is 15.1. The van der Waals surface area contributed by atoms with Gasteiger partial charge >= 0.3 is 0 Å². The Balaban J connectivity index is 2.58. The van der Waals surface area contributed by atoms with E-state index in [2.05, 4.69) is 24.6 Å². The first-order chi connectivity index (χ1) is 9.43. The van der Waals surface area contributed by atoms with Crippen molar-refractivity contribution in [2.45, 2.75) is 53.0 Å². The Labute approximate surface area is 122 Å². The van der Waals surface area contributed by atoms with E-state index in [4.69, 9.17) is 5.84 Å². The molecular weight excluding hydrogens is 250 g/mol. The number of benzene rings is 1. The number of hydrazine groups is 1. The molecule has 112 valence electrons. The minimum absolute atomic E-state index is 0.0741. The SMILES string of the molecule is Cc1ccc(C(=O)NC(C)CCCC(C)C)c(NN)c1. The molecule has 4 nitrogen and oxygen atoms in total.